The van der Waals surface area contributed by atoms with Gasteiger partial charge < -0.3 is 5.11 Å². The van der Waals surface area contributed by atoms with E-state index in [0.717, 1.165) is 6.07 Å². The van der Waals surface area contributed by atoms with Crippen molar-refractivity contribution in [2.45, 2.75) is 25.6 Å². The molecule has 0 aliphatic carbocycles. The van der Waals surface area contributed by atoms with Crippen molar-refractivity contribution in [2.24, 2.45) is 0 Å². The Labute approximate surface area is 84.3 Å². The molecule has 0 fully saturated rings. The van der Waals surface area contributed by atoms with E-state index in [1.807, 2.05) is 0 Å². The minimum atomic E-state index is -4.35. The highest BCUT2D eigenvalue weighted by molar-refractivity contribution is 5.26. The quantitative estimate of drug-likeness (QED) is 0.762. The summed E-state index contributed by atoms with van der Waals surface area (Å²) in [5.41, 5.74) is -0.148. The molecular formula is C10H10F4O. The number of aliphatic hydroxyl groups excluding tert-OH is 1. The smallest absolute Gasteiger partial charge is 0.389 e. The van der Waals surface area contributed by atoms with Crippen LogP contribution in [0.5, 0.6) is 0 Å². The number of hydrogen-bond acceptors (Lipinski definition) is 1. The lowest BCUT2D eigenvalue weighted by molar-refractivity contribution is -0.127. The van der Waals surface area contributed by atoms with Gasteiger partial charge in [0, 0.05) is 5.56 Å². The molecule has 1 atom stereocenters. The molecule has 5 heteroatoms. The maximum Gasteiger partial charge on any atom is 0.393 e. The summed E-state index contributed by atoms with van der Waals surface area (Å²) in [5, 5.41) is 9.07. The third-order valence-electron chi connectivity index (χ3n) is 1.92. The Morgan fingerprint density at radius 2 is 1.93 bits per heavy atom. The average molecular weight is 222 g/mol. The molecule has 0 bridgehead atoms. The standard InChI is InChI=1S/C10H10F4O/c1-6(15)8-3-2-7(4-9(8)11)5-10(12,13)14/h2-4,6,15H,5H2,1H3. The number of alkyl halides is 3. The van der Waals surface area contributed by atoms with Crippen molar-refractivity contribution in [1.82, 2.24) is 0 Å². The van der Waals surface area contributed by atoms with Crippen LogP contribution >= 0.6 is 0 Å². The van der Waals surface area contributed by atoms with Crippen LogP contribution in [0.3, 0.4) is 0 Å². The summed E-state index contributed by atoms with van der Waals surface area (Å²) < 4.78 is 49.0. The molecule has 0 amide bonds. The summed E-state index contributed by atoms with van der Waals surface area (Å²) in [4.78, 5) is 0. The van der Waals surface area contributed by atoms with E-state index in [-0.39, 0.29) is 11.1 Å². The second-order valence-corrected chi connectivity index (χ2v) is 3.32. The Kier molecular flexibility index (Phi) is 3.34. The topological polar surface area (TPSA) is 20.2 Å². The Hall–Kier alpha value is -1.10. The first-order chi connectivity index (χ1) is 6.79. The van der Waals surface area contributed by atoms with E-state index in [2.05, 4.69) is 0 Å². The summed E-state index contributed by atoms with van der Waals surface area (Å²) in [6, 6.07) is 3.13. The Morgan fingerprint density at radius 3 is 2.33 bits per heavy atom. The zero-order valence-electron chi connectivity index (χ0n) is 7.98. The van der Waals surface area contributed by atoms with E-state index in [4.69, 9.17) is 5.11 Å². The lowest BCUT2D eigenvalue weighted by Crippen LogP contribution is -2.12. The molecule has 0 aliphatic heterocycles. The second kappa shape index (κ2) is 4.18. The number of halogens is 4. The SMILES string of the molecule is CC(O)c1ccc(CC(F)(F)F)cc1F. The number of rotatable bonds is 2. The van der Waals surface area contributed by atoms with E-state index in [1.54, 1.807) is 0 Å². The average Bonchev–Trinajstić information content (AvgIpc) is 1.99. The predicted octanol–water partition coefficient (Wildman–Crippen LogP) is 2.98. The predicted molar refractivity (Wildman–Crippen MR) is 46.8 cm³/mol. The molecule has 0 radical (unpaired) electrons. The zero-order valence-corrected chi connectivity index (χ0v) is 7.98. The first-order valence-corrected chi connectivity index (χ1v) is 4.33. The van der Waals surface area contributed by atoms with E-state index in [9.17, 15) is 17.6 Å². The third kappa shape index (κ3) is 3.51. The largest absolute Gasteiger partial charge is 0.393 e. The first-order valence-electron chi connectivity index (χ1n) is 4.33. The molecule has 0 saturated carbocycles. The molecular weight excluding hydrogens is 212 g/mol. The molecule has 0 aliphatic rings. The van der Waals surface area contributed by atoms with Crippen molar-refractivity contribution < 1.29 is 22.7 Å². The summed E-state index contributed by atoms with van der Waals surface area (Å²) in [7, 11) is 0. The fourth-order valence-corrected chi connectivity index (χ4v) is 1.25. The molecule has 1 rings (SSSR count). The Bertz CT molecular complexity index is 344. The van der Waals surface area contributed by atoms with Crippen LogP contribution in [0.4, 0.5) is 17.6 Å². The van der Waals surface area contributed by atoms with Gasteiger partial charge in [-0.1, -0.05) is 12.1 Å². The van der Waals surface area contributed by atoms with Gasteiger partial charge in [-0.05, 0) is 18.6 Å². The highest BCUT2D eigenvalue weighted by Gasteiger charge is 2.28. The van der Waals surface area contributed by atoms with Crippen LogP contribution in [0.25, 0.3) is 0 Å². The minimum absolute atomic E-state index is 0.000856. The maximum absolute atomic E-state index is 13.1. The molecule has 1 aromatic carbocycles. The summed E-state index contributed by atoms with van der Waals surface area (Å²) >= 11 is 0. The van der Waals surface area contributed by atoms with Crippen molar-refractivity contribution in [3.8, 4) is 0 Å². The van der Waals surface area contributed by atoms with Gasteiger partial charge >= 0.3 is 6.18 Å². The van der Waals surface area contributed by atoms with E-state index in [1.165, 1.54) is 19.1 Å². The summed E-state index contributed by atoms with van der Waals surface area (Å²) in [6.07, 6.45) is -6.53. The van der Waals surface area contributed by atoms with Crippen LogP contribution in [-0.4, -0.2) is 11.3 Å². The van der Waals surface area contributed by atoms with Crippen molar-refractivity contribution in [3.05, 3.63) is 35.1 Å². The molecule has 0 heterocycles. The minimum Gasteiger partial charge on any atom is -0.389 e. The molecule has 15 heavy (non-hydrogen) atoms. The Balaban J connectivity index is 2.92. The van der Waals surface area contributed by atoms with Crippen molar-refractivity contribution >= 4 is 0 Å². The fraction of sp³-hybridized carbons (Fsp3) is 0.400. The second-order valence-electron chi connectivity index (χ2n) is 3.32. The van der Waals surface area contributed by atoms with Gasteiger partial charge in [0.05, 0.1) is 12.5 Å². The lowest BCUT2D eigenvalue weighted by atomic mass is 10.1. The highest BCUT2D eigenvalue weighted by Crippen LogP contribution is 2.24. The van der Waals surface area contributed by atoms with Crippen molar-refractivity contribution in [2.75, 3.05) is 0 Å². The van der Waals surface area contributed by atoms with Crippen LogP contribution in [0, 0.1) is 5.82 Å². The van der Waals surface area contributed by atoms with Gasteiger partial charge in [0.15, 0.2) is 0 Å². The van der Waals surface area contributed by atoms with Gasteiger partial charge in [-0.25, -0.2) is 4.39 Å². The Morgan fingerprint density at radius 1 is 1.33 bits per heavy atom. The summed E-state index contributed by atoms with van der Waals surface area (Å²) in [5.74, 6) is -0.813. The fourth-order valence-electron chi connectivity index (χ4n) is 1.25. The first kappa shape index (κ1) is 12.0. The molecule has 0 spiro atoms. The number of benzene rings is 1. The van der Waals surface area contributed by atoms with Gasteiger partial charge in [0.1, 0.15) is 5.82 Å². The van der Waals surface area contributed by atoms with Crippen LogP contribution < -0.4 is 0 Å². The van der Waals surface area contributed by atoms with E-state index < -0.39 is 24.5 Å². The zero-order chi connectivity index (χ0) is 11.6. The molecule has 1 unspecified atom stereocenters. The van der Waals surface area contributed by atoms with Crippen molar-refractivity contribution in [3.63, 3.8) is 0 Å². The molecule has 1 N–H and O–H groups in total. The van der Waals surface area contributed by atoms with Crippen LogP contribution in [-0.2, 0) is 6.42 Å². The number of aliphatic hydroxyl groups is 1. The summed E-state index contributed by atoms with van der Waals surface area (Å²) in [6.45, 7) is 1.35. The lowest BCUT2D eigenvalue weighted by Gasteiger charge is -2.09. The van der Waals surface area contributed by atoms with Gasteiger partial charge in [0.25, 0.3) is 0 Å². The van der Waals surface area contributed by atoms with Gasteiger partial charge in [-0.15, -0.1) is 0 Å². The van der Waals surface area contributed by atoms with Crippen molar-refractivity contribution in [1.29, 1.82) is 0 Å². The monoisotopic (exact) mass is 222 g/mol. The molecule has 0 aromatic heterocycles. The maximum atomic E-state index is 13.1. The van der Waals surface area contributed by atoms with Crippen LogP contribution in [0.15, 0.2) is 18.2 Å². The van der Waals surface area contributed by atoms with E-state index >= 15 is 0 Å². The number of hydrogen-bond donors (Lipinski definition) is 1. The van der Waals surface area contributed by atoms with Gasteiger partial charge in [0.2, 0.25) is 0 Å². The normalized spacial score (nSPS) is 14.0. The molecule has 1 aromatic rings. The molecule has 84 valence electrons. The molecule has 1 nitrogen and oxygen atoms in total. The van der Waals surface area contributed by atoms with Crippen LogP contribution in [0.1, 0.15) is 24.2 Å². The van der Waals surface area contributed by atoms with Gasteiger partial charge in [-0.3, -0.25) is 0 Å². The third-order valence-corrected chi connectivity index (χ3v) is 1.92. The van der Waals surface area contributed by atoms with Gasteiger partial charge in [-0.2, -0.15) is 13.2 Å². The van der Waals surface area contributed by atoms with E-state index in [0.29, 0.717) is 0 Å². The molecule has 0 saturated heterocycles. The highest BCUT2D eigenvalue weighted by atomic mass is 19.4. The van der Waals surface area contributed by atoms with Crippen LogP contribution in [0.2, 0.25) is 0 Å².